The summed E-state index contributed by atoms with van der Waals surface area (Å²) in [6.45, 7) is 2.01. The fourth-order valence-electron chi connectivity index (χ4n) is 4.25. The molecule has 0 aromatic heterocycles. The lowest BCUT2D eigenvalue weighted by atomic mass is 9.98. The van der Waals surface area contributed by atoms with E-state index >= 15 is 0 Å². The Labute approximate surface area is 181 Å². The maximum absolute atomic E-state index is 13.1. The molecule has 0 bridgehead atoms. The number of rotatable bonds is 5. The average Bonchev–Trinajstić information content (AvgIpc) is 3.07. The molecule has 4 aromatic rings. The van der Waals surface area contributed by atoms with E-state index in [1.165, 1.54) is 0 Å². The van der Waals surface area contributed by atoms with Crippen molar-refractivity contribution in [2.75, 3.05) is 11.4 Å². The topological polar surface area (TPSA) is 49.4 Å². The molecule has 0 saturated carbocycles. The highest BCUT2D eigenvalue weighted by Gasteiger charge is 2.31. The zero-order chi connectivity index (χ0) is 21.4. The number of amides is 2. The van der Waals surface area contributed by atoms with Gasteiger partial charge in [0, 0.05) is 10.9 Å². The van der Waals surface area contributed by atoms with E-state index in [-0.39, 0.29) is 24.4 Å². The van der Waals surface area contributed by atoms with Crippen LogP contribution < -0.4 is 10.2 Å². The minimum atomic E-state index is -0.287. The molecule has 1 heterocycles. The molecule has 0 unspecified atom stereocenters. The second-order valence-electron chi connectivity index (χ2n) is 7.89. The van der Waals surface area contributed by atoms with Gasteiger partial charge in [0.1, 0.15) is 6.54 Å². The molecule has 1 atom stereocenters. The minimum absolute atomic E-state index is 0.0260. The Morgan fingerprint density at radius 1 is 0.839 bits per heavy atom. The van der Waals surface area contributed by atoms with Crippen molar-refractivity contribution in [3.63, 3.8) is 0 Å². The molecule has 0 fully saturated rings. The van der Waals surface area contributed by atoms with Crippen LogP contribution in [0, 0.1) is 6.92 Å². The smallest absolute Gasteiger partial charge is 0.259 e. The van der Waals surface area contributed by atoms with E-state index < -0.39 is 0 Å². The zero-order valence-electron chi connectivity index (χ0n) is 17.2. The summed E-state index contributed by atoms with van der Waals surface area (Å²) in [5, 5.41) is 5.07. The van der Waals surface area contributed by atoms with E-state index in [1.807, 2.05) is 97.9 Å². The molecule has 4 aromatic carbocycles. The summed E-state index contributed by atoms with van der Waals surface area (Å²) < 4.78 is 0. The van der Waals surface area contributed by atoms with Gasteiger partial charge < -0.3 is 5.32 Å². The summed E-state index contributed by atoms with van der Waals surface area (Å²) in [6, 6.07) is 29.2. The van der Waals surface area contributed by atoms with E-state index in [1.54, 1.807) is 4.90 Å². The Morgan fingerprint density at radius 3 is 2.26 bits per heavy atom. The highest BCUT2D eigenvalue weighted by atomic mass is 16.2. The number of aryl methyl sites for hydroxylation is 1. The molecular weight excluding hydrogens is 384 g/mol. The maximum atomic E-state index is 13.1. The highest BCUT2D eigenvalue weighted by molar-refractivity contribution is 6.26. The van der Waals surface area contributed by atoms with Crippen molar-refractivity contribution in [3.8, 4) is 0 Å². The van der Waals surface area contributed by atoms with Gasteiger partial charge in [0.2, 0.25) is 5.91 Å². The number of benzene rings is 4. The van der Waals surface area contributed by atoms with Gasteiger partial charge >= 0.3 is 0 Å². The van der Waals surface area contributed by atoms with Crippen LogP contribution in [0.15, 0.2) is 91.0 Å². The van der Waals surface area contributed by atoms with Crippen molar-refractivity contribution < 1.29 is 9.59 Å². The van der Waals surface area contributed by atoms with Crippen LogP contribution in [0.5, 0.6) is 0 Å². The van der Waals surface area contributed by atoms with Gasteiger partial charge in [-0.2, -0.15) is 0 Å². The van der Waals surface area contributed by atoms with E-state index in [9.17, 15) is 9.59 Å². The van der Waals surface area contributed by atoms with Crippen molar-refractivity contribution in [1.29, 1.82) is 0 Å². The fourth-order valence-corrected chi connectivity index (χ4v) is 4.25. The summed E-state index contributed by atoms with van der Waals surface area (Å²) in [4.78, 5) is 27.7. The largest absolute Gasteiger partial charge is 0.344 e. The first-order valence-electron chi connectivity index (χ1n) is 10.4. The molecule has 1 aliphatic heterocycles. The Balaban J connectivity index is 1.43. The molecule has 0 radical (unpaired) electrons. The summed E-state index contributed by atoms with van der Waals surface area (Å²) in [5.74, 6) is -0.332. The number of anilines is 1. The number of hydrogen-bond donors (Lipinski definition) is 1. The van der Waals surface area contributed by atoms with Crippen molar-refractivity contribution in [2.24, 2.45) is 0 Å². The van der Waals surface area contributed by atoms with Crippen LogP contribution in [0.1, 0.15) is 33.1 Å². The van der Waals surface area contributed by atoms with Crippen molar-refractivity contribution >= 4 is 28.3 Å². The van der Waals surface area contributed by atoms with E-state index in [4.69, 9.17) is 0 Å². The van der Waals surface area contributed by atoms with Crippen LogP contribution in [0.3, 0.4) is 0 Å². The predicted molar refractivity (Wildman–Crippen MR) is 123 cm³/mol. The predicted octanol–water partition coefficient (Wildman–Crippen LogP) is 5.01. The van der Waals surface area contributed by atoms with Gasteiger partial charge in [0.25, 0.3) is 5.91 Å². The van der Waals surface area contributed by atoms with Gasteiger partial charge in [-0.1, -0.05) is 84.4 Å². The first kappa shape index (κ1) is 19.1. The van der Waals surface area contributed by atoms with Gasteiger partial charge in [-0.3, -0.25) is 14.5 Å². The SMILES string of the molecule is Cc1ccc([C@H](NC(=O)CN2C(=O)c3cccc4cccc2c34)c2ccccc2)cc1. The molecule has 0 spiro atoms. The summed E-state index contributed by atoms with van der Waals surface area (Å²) in [7, 11) is 0. The first-order chi connectivity index (χ1) is 15.1. The molecule has 1 aliphatic rings. The van der Waals surface area contributed by atoms with Gasteiger partial charge in [-0.05, 0) is 35.6 Å². The van der Waals surface area contributed by atoms with E-state index in [0.717, 1.165) is 33.2 Å². The second kappa shape index (κ2) is 7.73. The molecule has 2 amide bonds. The van der Waals surface area contributed by atoms with Crippen molar-refractivity contribution in [1.82, 2.24) is 5.32 Å². The Hall–Kier alpha value is -3.92. The monoisotopic (exact) mass is 406 g/mol. The molecule has 1 N–H and O–H groups in total. The average molecular weight is 406 g/mol. The third-order valence-corrected chi connectivity index (χ3v) is 5.80. The summed E-state index contributed by atoms with van der Waals surface area (Å²) in [6.07, 6.45) is 0. The zero-order valence-corrected chi connectivity index (χ0v) is 17.2. The van der Waals surface area contributed by atoms with Gasteiger partial charge in [0.05, 0.1) is 11.7 Å². The number of carbonyl (C=O) groups excluding carboxylic acids is 2. The highest BCUT2D eigenvalue weighted by Crippen LogP contribution is 2.37. The van der Waals surface area contributed by atoms with Crippen LogP contribution in [0.2, 0.25) is 0 Å². The van der Waals surface area contributed by atoms with Crippen LogP contribution >= 0.6 is 0 Å². The van der Waals surface area contributed by atoms with Crippen LogP contribution in [0.25, 0.3) is 10.8 Å². The molecule has 4 heteroatoms. The quantitative estimate of drug-likeness (QED) is 0.506. The van der Waals surface area contributed by atoms with E-state index in [2.05, 4.69) is 5.32 Å². The second-order valence-corrected chi connectivity index (χ2v) is 7.89. The third kappa shape index (κ3) is 3.46. The first-order valence-corrected chi connectivity index (χ1v) is 10.4. The summed E-state index contributed by atoms with van der Waals surface area (Å²) >= 11 is 0. The Morgan fingerprint density at radius 2 is 1.52 bits per heavy atom. The van der Waals surface area contributed by atoms with Crippen LogP contribution in [-0.4, -0.2) is 18.4 Å². The van der Waals surface area contributed by atoms with Crippen LogP contribution in [0.4, 0.5) is 5.69 Å². The van der Waals surface area contributed by atoms with E-state index in [0.29, 0.717) is 5.56 Å². The lowest BCUT2D eigenvalue weighted by Gasteiger charge is -2.23. The Bertz CT molecular complexity index is 1270. The number of nitrogens with one attached hydrogen (secondary N) is 1. The molecule has 31 heavy (non-hydrogen) atoms. The molecule has 152 valence electrons. The number of hydrogen-bond acceptors (Lipinski definition) is 2. The lowest BCUT2D eigenvalue weighted by Crippen LogP contribution is -2.40. The maximum Gasteiger partial charge on any atom is 0.259 e. The van der Waals surface area contributed by atoms with Crippen LogP contribution in [-0.2, 0) is 4.79 Å². The minimum Gasteiger partial charge on any atom is -0.344 e. The number of nitrogens with zero attached hydrogens (tertiary/aromatic N) is 1. The van der Waals surface area contributed by atoms with Crippen molar-refractivity contribution in [3.05, 3.63) is 113 Å². The Kier molecular flexibility index (Phi) is 4.75. The van der Waals surface area contributed by atoms with Gasteiger partial charge in [-0.25, -0.2) is 0 Å². The number of carbonyl (C=O) groups is 2. The molecule has 0 saturated heterocycles. The normalized spacial score (nSPS) is 13.5. The third-order valence-electron chi connectivity index (χ3n) is 5.80. The lowest BCUT2D eigenvalue weighted by molar-refractivity contribution is -0.120. The fraction of sp³-hybridized carbons (Fsp3) is 0.111. The van der Waals surface area contributed by atoms with Gasteiger partial charge in [0.15, 0.2) is 0 Å². The van der Waals surface area contributed by atoms with Gasteiger partial charge in [-0.15, -0.1) is 0 Å². The summed E-state index contributed by atoms with van der Waals surface area (Å²) in [5.41, 5.74) is 4.61. The molecular formula is C27H22N2O2. The van der Waals surface area contributed by atoms with Crippen molar-refractivity contribution in [2.45, 2.75) is 13.0 Å². The molecule has 4 nitrogen and oxygen atoms in total. The molecule has 0 aliphatic carbocycles. The molecule has 5 rings (SSSR count). The standard InChI is InChI=1S/C27H22N2O2/c1-18-13-15-21(16-14-18)26(20-7-3-2-4-8-20)28-24(30)17-29-23-12-6-10-19-9-5-11-22(25(19)23)27(29)31/h2-16,26H,17H2,1H3,(H,28,30)/t26-/m1/s1.